The van der Waals surface area contributed by atoms with E-state index in [0.29, 0.717) is 45.2 Å². The molecule has 0 aliphatic heterocycles. The van der Waals surface area contributed by atoms with Gasteiger partial charge in [0.1, 0.15) is 28.0 Å². The van der Waals surface area contributed by atoms with Gasteiger partial charge in [0.05, 0.1) is 37.4 Å². The molecule has 40 heavy (non-hydrogen) atoms. The van der Waals surface area contributed by atoms with Gasteiger partial charge in [0, 0.05) is 60.2 Å². The van der Waals surface area contributed by atoms with Crippen LogP contribution >= 0.6 is 43.6 Å². The Kier molecular flexibility index (Phi) is 11.9. The number of rotatable bonds is 10. The number of hydrazine groups is 1. The lowest BCUT2D eigenvalue weighted by Gasteiger charge is -2.10. The highest BCUT2D eigenvalue weighted by molar-refractivity contribution is 9.10. The highest BCUT2D eigenvalue weighted by atomic mass is 79.9. The Balaban J connectivity index is 0.000000220. The predicted molar refractivity (Wildman–Crippen MR) is 165 cm³/mol. The SMILES string of the molecule is COc1cc(Nc2ncc(Br)c(NN)n2)cc(OC)c1.COc1cc(Nc2ncc(Br)c(SC)n2)cc(OC)c1. The Hall–Kier alpha value is -3.53. The maximum atomic E-state index is 5.37. The summed E-state index contributed by atoms with van der Waals surface area (Å²) in [5, 5.41) is 7.07. The second-order valence-corrected chi connectivity index (χ2v) is 10.0. The zero-order valence-electron chi connectivity index (χ0n) is 22.3. The van der Waals surface area contributed by atoms with Crippen LogP contribution in [0.5, 0.6) is 23.0 Å². The molecule has 2 heterocycles. The number of nitrogens with two attached hydrogens (primary N) is 1. The number of nitrogens with zero attached hydrogens (tertiary/aromatic N) is 4. The minimum absolute atomic E-state index is 0.399. The lowest BCUT2D eigenvalue weighted by molar-refractivity contribution is 0.394. The monoisotopic (exact) mass is 694 g/mol. The van der Waals surface area contributed by atoms with Crippen LogP contribution < -0.4 is 40.8 Å². The van der Waals surface area contributed by atoms with Crippen molar-refractivity contribution < 1.29 is 18.9 Å². The van der Waals surface area contributed by atoms with E-state index in [1.165, 1.54) is 0 Å². The summed E-state index contributed by atoms with van der Waals surface area (Å²) >= 11 is 8.24. The van der Waals surface area contributed by atoms with Crippen LogP contribution in [0.15, 0.2) is 62.8 Å². The highest BCUT2D eigenvalue weighted by Crippen LogP contribution is 2.30. The number of nitrogen functional groups attached to an aromatic ring is 1. The summed E-state index contributed by atoms with van der Waals surface area (Å²) in [6, 6.07) is 10.9. The average Bonchev–Trinajstić information content (AvgIpc) is 2.98. The van der Waals surface area contributed by atoms with Crippen LogP contribution in [0.4, 0.5) is 29.1 Å². The summed E-state index contributed by atoms with van der Waals surface area (Å²) in [5.41, 5.74) is 4.02. The summed E-state index contributed by atoms with van der Waals surface area (Å²) in [6.07, 6.45) is 5.28. The maximum absolute atomic E-state index is 5.37. The number of aromatic nitrogens is 4. The molecule has 0 aliphatic rings. The molecule has 0 amide bonds. The normalized spacial score (nSPS) is 10.1. The van der Waals surface area contributed by atoms with Crippen molar-refractivity contribution in [2.24, 2.45) is 5.84 Å². The smallest absolute Gasteiger partial charge is 0.229 e. The first-order valence-electron chi connectivity index (χ1n) is 11.4. The Morgan fingerprint density at radius 2 is 1.10 bits per heavy atom. The summed E-state index contributed by atoms with van der Waals surface area (Å²) in [4.78, 5) is 17.0. The second kappa shape index (κ2) is 15.3. The molecule has 0 radical (unpaired) electrons. The Labute approximate surface area is 253 Å². The number of benzene rings is 2. The first kappa shape index (κ1) is 31.0. The van der Waals surface area contributed by atoms with Crippen molar-refractivity contribution in [3.8, 4) is 23.0 Å². The van der Waals surface area contributed by atoms with E-state index in [2.05, 4.69) is 67.9 Å². The number of halogens is 2. The molecule has 4 rings (SSSR count). The van der Waals surface area contributed by atoms with Gasteiger partial charge in [-0.1, -0.05) is 0 Å². The van der Waals surface area contributed by atoms with Crippen LogP contribution in [0, 0.1) is 0 Å². The van der Waals surface area contributed by atoms with Gasteiger partial charge in [0.25, 0.3) is 0 Å². The zero-order chi connectivity index (χ0) is 29.1. The molecule has 0 saturated heterocycles. The minimum atomic E-state index is 0.399. The van der Waals surface area contributed by atoms with Crippen molar-refractivity contribution in [2.45, 2.75) is 5.03 Å². The number of thioether (sulfide) groups is 1. The van der Waals surface area contributed by atoms with E-state index >= 15 is 0 Å². The molecular formula is C25H28Br2N8O4S. The van der Waals surface area contributed by atoms with Crippen molar-refractivity contribution in [1.82, 2.24) is 19.9 Å². The van der Waals surface area contributed by atoms with Gasteiger partial charge >= 0.3 is 0 Å². The molecule has 0 saturated carbocycles. The van der Waals surface area contributed by atoms with Crippen molar-refractivity contribution in [3.63, 3.8) is 0 Å². The van der Waals surface area contributed by atoms with Crippen LogP contribution in [0.3, 0.4) is 0 Å². The van der Waals surface area contributed by atoms with Crippen LogP contribution in [-0.4, -0.2) is 54.6 Å². The summed E-state index contributed by atoms with van der Waals surface area (Å²) < 4.78 is 22.4. The fourth-order valence-corrected chi connectivity index (χ4v) is 4.51. The summed E-state index contributed by atoms with van der Waals surface area (Å²) in [5.74, 6) is 9.51. The van der Waals surface area contributed by atoms with Gasteiger partial charge in [-0.2, -0.15) is 4.98 Å². The molecule has 2 aromatic heterocycles. The van der Waals surface area contributed by atoms with E-state index in [9.17, 15) is 0 Å². The fraction of sp³-hybridized carbons (Fsp3) is 0.200. The Morgan fingerprint density at radius 1 is 0.675 bits per heavy atom. The van der Waals surface area contributed by atoms with Crippen molar-refractivity contribution in [3.05, 3.63) is 57.7 Å². The Morgan fingerprint density at radius 3 is 1.50 bits per heavy atom. The summed E-state index contributed by atoms with van der Waals surface area (Å²) in [7, 11) is 6.40. The number of nitrogens with one attached hydrogen (secondary N) is 3. The number of hydrogen-bond acceptors (Lipinski definition) is 13. The van der Waals surface area contributed by atoms with Gasteiger partial charge < -0.3 is 35.0 Å². The Bertz CT molecular complexity index is 1280. The third-order valence-electron chi connectivity index (χ3n) is 5.00. The number of methoxy groups -OCH3 is 4. The molecule has 15 heteroatoms. The predicted octanol–water partition coefficient (Wildman–Crippen LogP) is 6.01. The molecule has 0 aliphatic carbocycles. The topological polar surface area (TPSA) is 151 Å². The van der Waals surface area contributed by atoms with Crippen molar-refractivity contribution in [1.29, 1.82) is 0 Å². The standard InChI is InChI=1S/C13H14BrN3O2S.C12H14BrN5O2/c1-18-9-4-8(5-10(6-9)19-2)16-13-15-7-11(14)12(17-13)20-3;1-19-8-3-7(4-9(5-8)20-2)16-12-15-6-10(13)11(17-12)18-14/h4-7H,1-3H3,(H,15,16,17);3-6H,14H2,1-2H3,(H2,15,16,17,18). The van der Waals surface area contributed by atoms with Crippen LogP contribution in [0.2, 0.25) is 0 Å². The average molecular weight is 696 g/mol. The maximum Gasteiger partial charge on any atom is 0.229 e. The molecule has 0 bridgehead atoms. The molecule has 0 atom stereocenters. The number of ether oxygens (including phenoxy) is 4. The molecule has 4 aromatic rings. The lowest BCUT2D eigenvalue weighted by Crippen LogP contribution is -2.10. The third kappa shape index (κ3) is 8.74. The van der Waals surface area contributed by atoms with Crippen LogP contribution in [0.1, 0.15) is 0 Å². The van der Waals surface area contributed by atoms with Gasteiger partial charge in [0.2, 0.25) is 11.9 Å². The molecule has 5 N–H and O–H groups in total. The highest BCUT2D eigenvalue weighted by Gasteiger charge is 2.08. The molecule has 212 valence electrons. The van der Waals surface area contributed by atoms with E-state index in [-0.39, 0.29) is 0 Å². The van der Waals surface area contributed by atoms with E-state index < -0.39 is 0 Å². The van der Waals surface area contributed by atoms with Crippen LogP contribution in [-0.2, 0) is 0 Å². The second-order valence-electron chi connectivity index (χ2n) is 7.54. The fourth-order valence-electron chi connectivity index (χ4n) is 3.10. The van der Waals surface area contributed by atoms with Gasteiger partial charge in [-0.15, -0.1) is 11.8 Å². The van der Waals surface area contributed by atoms with Crippen molar-refractivity contribution >= 4 is 72.7 Å². The lowest BCUT2D eigenvalue weighted by atomic mass is 10.3. The van der Waals surface area contributed by atoms with Gasteiger partial charge in [-0.05, 0) is 38.1 Å². The molecular weight excluding hydrogens is 668 g/mol. The molecule has 0 spiro atoms. The van der Waals surface area contributed by atoms with E-state index in [1.807, 2.05) is 30.5 Å². The largest absolute Gasteiger partial charge is 0.497 e. The summed E-state index contributed by atoms with van der Waals surface area (Å²) in [6.45, 7) is 0. The first-order valence-corrected chi connectivity index (χ1v) is 14.2. The quantitative estimate of drug-likeness (QED) is 0.0664. The van der Waals surface area contributed by atoms with E-state index in [4.69, 9.17) is 24.8 Å². The zero-order valence-corrected chi connectivity index (χ0v) is 26.3. The third-order valence-corrected chi connectivity index (χ3v) is 7.12. The van der Waals surface area contributed by atoms with E-state index in [1.54, 1.807) is 64.7 Å². The van der Waals surface area contributed by atoms with Gasteiger partial charge in [0.15, 0.2) is 5.82 Å². The molecule has 0 unspecified atom stereocenters. The molecule has 12 nitrogen and oxygen atoms in total. The van der Waals surface area contributed by atoms with Crippen LogP contribution in [0.25, 0.3) is 0 Å². The first-order chi connectivity index (χ1) is 19.3. The van der Waals surface area contributed by atoms with Gasteiger partial charge in [-0.25, -0.2) is 20.8 Å². The van der Waals surface area contributed by atoms with Crippen molar-refractivity contribution in [2.75, 3.05) is 50.8 Å². The molecule has 2 aromatic carbocycles. The van der Waals surface area contributed by atoms with E-state index in [0.717, 1.165) is 20.9 Å². The minimum Gasteiger partial charge on any atom is -0.497 e. The molecule has 0 fully saturated rings. The van der Waals surface area contributed by atoms with Gasteiger partial charge in [-0.3, -0.25) is 0 Å². The number of anilines is 5. The number of hydrogen-bond donors (Lipinski definition) is 4.